The van der Waals surface area contributed by atoms with Crippen LogP contribution in [0, 0.1) is 17.5 Å². The van der Waals surface area contributed by atoms with Crippen molar-refractivity contribution in [3.63, 3.8) is 0 Å². The number of aromatic hydroxyl groups is 2. The predicted octanol–water partition coefficient (Wildman–Crippen LogP) is 3.21. The maximum Gasteiger partial charge on any atom is 0.336 e. The molecular formula is C16H9F3O4. The SMILES string of the molecule is O=c1cc(Cc2cc(F)c(F)cc2F)c2ccc(O)c(O)c2o1. The van der Waals surface area contributed by atoms with Crippen molar-refractivity contribution in [2.75, 3.05) is 0 Å². The van der Waals surface area contributed by atoms with Gasteiger partial charge in [0.15, 0.2) is 23.0 Å². The van der Waals surface area contributed by atoms with Crippen LogP contribution < -0.4 is 5.63 Å². The van der Waals surface area contributed by atoms with Gasteiger partial charge in [-0.2, -0.15) is 0 Å². The quantitative estimate of drug-likeness (QED) is 0.432. The average Bonchev–Trinajstić information content (AvgIpc) is 2.49. The maximum atomic E-state index is 13.8. The van der Waals surface area contributed by atoms with Crippen LogP contribution in [0.3, 0.4) is 0 Å². The second kappa shape index (κ2) is 5.35. The summed E-state index contributed by atoms with van der Waals surface area (Å²) in [5, 5.41) is 19.4. The van der Waals surface area contributed by atoms with Crippen molar-refractivity contribution in [1.29, 1.82) is 0 Å². The van der Waals surface area contributed by atoms with Gasteiger partial charge in [0.2, 0.25) is 5.75 Å². The van der Waals surface area contributed by atoms with E-state index in [9.17, 15) is 28.2 Å². The minimum absolute atomic E-state index is 0.164. The van der Waals surface area contributed by atoms with Crippen LogP contribution in [0.2, 0.25) is 0 Å². The van der Waals surface area contributed by atoms with E-state index in [0.717, 1.165) is 6.07 Å². The second-order valence-corrected chi connectivity index (χ2v) is 4.94. The van der Waals surface area contributed by atoms with Gasteiger partial charge in [0, 0.05) is 23.9 Å². The Labute approximate surface area is 127 Å². The second-order valence-electron chi connectivity index (χ2n) is 4.94. The van der Waals surface area contributed by atoms with Crippen LogP contribution in [0.15, 0.2) is 39.5 Å². The van der Waals surface area contributed by atoms with Crippen LogP contribution in [0.5, 0.6) is 11.5 Å². The van der Waals surface area contributed by atoms with E-state index in [0.29, 0.717) is 12.1 Å². The van der Waals surface area contributed by atoms with Crippen molar-refractivity contribution in [1.82, 2.24) is 0 Å². The third-order valence-corrected chi connectivity index (χ3v) is 3.42. The van der Waals surface area contributed by atoms with Crippen molar-refractivity contribution in [3.05, 3.63) is 69.3 Å². The zero-order valence-electron chi connectivity index (χ0n) is 11.4. The Balaban J connectivity index is 2.20. The zero-order chi connectivity index (χ0) is 16.7. The number of halogens is 3. The number of hydrogen-bond donors (Lipinski definition) is 2. The van der Waals surface area contributed by atoms with Crippen LogP contribution in [-0.4, -0.2) is 10.2 Å². The summed E-state index contributed by atoms with van der Waals surface area (Å²) in [6, 6.07) is 4.70. The topological polar surface area (TPSA) is 70.7 Å². The molecule has 0 saturated carbocycles. The largest absolute Gasteiger partial charge is 0.504 e. The van der Waals surface area contributed by atoms with Crippen LogP contribution in [0.25, 0.3) is 11.0 Å². The maximum absolute atomic E-state index is 13.8. The Bertz CT molecular complexity index is 979. The molecule has 4 nitrogen and oxygen atoms in total. The monoisotopic (exact) mass is 322 g/mol. The van der Waals surface area contributed by atoms with Crippen molar-refractivity contribution in [3.8, 4) is 11.5 Å². The molecule has 0 aliphatic carbocycles. The molecule has 0 saturated heterocycles. The standard InChI is InChI=1S/C16H9F3O4/c17-10-6-12(19)11(18)4-8(10)3-7-5-14(21)23-16-9(7)1-2-13(20)15(16)22/h1-2,4-6,20,22H,3H2. The Kier molecular flexibility index (Phi) is 3.48. The molecule has 118 valence electrons. The zero-order valence-corrected chi connectivity index (χ0v) is 11.4. The first-order chi connectivity index (χ1) is 10.9. The van der Waals surface area contributed by atoms with Gasteiger partial charge in [0.25, 0.3) is 0 Å². The summed E-state index contributed by atoms with van der Waals surface area (Å²) in [5.74, 6) is -4.61. The molecule has 0 aliphatic rings. The van der Waals surface area contributed by atoms with E-state index in [-0.39, 0.29) is 28.5 Å². The fraction of sp³-hybridized carbons (Fsp3) is 0.0625. The highest BCUT2D eigenvalue weighted by molar-refractivity contribution is 5.87. The number of hydrogen-bond acceptors (Lipinski definition) is 4. The van der Waals surface area contributed by atoms with Gasteiger partial charge >= 0.3 is 5.63 Å². The normalized spacial score (nSPS) is 11.1. The molecule has 2 N–H and O–H groups in total. The van der Waals surface area contributed by atoms with Crippen molar-refractivity contribution < 1.29 is 27.8 Å². The van der Waals surface area contributed by atoms with Crippen LogP contribution >= 0.6 is 0 Å². The molecule has 0 unspecified atom stereocenters. The molecule has 0 fully saturated rings. The number of phenolic OH excluding ortho intramolecular Hbond substituents is 2. The van der Waals surface area contributed by atoms with Gasteiger partial charge in [0.1, 0.15) is 5.82 Å². The first-order valence-electron chi connectivity index (χ1n) is 6.48. The summed E-state index contributed by atoms with van der Waals surface area (Å²) in [4.78, 5) is 11.6. The van der Waals surface area contributed by atoms with E-state index in [2.05, 4.69) is 0 Å². The smallest absolute Gasteiger partial charge is 0.336 e. The van der Waals surface area contributed by atoms with Crippen molar-refractivity contribution in [2.45, 2.75) is 6.42 Å². The summed E-state index contributed by atoms with van der Waals surface area (Å²) in [6.07, 6.45) is -0.227. The highest BCUT2D eigenvalue weighted by Crippen LogP contribution is 2.34. The Morgan fingerprint density at radius 3 is 2.35 bits per heavy atom. The lowest BCUT2D eigenvalue weighted by Gasteiger charge is -2.08. The number of phenols is 2. The fourth-order valence-electron chi connectivity index (χ4n) is 2.32. The molecule has 0 aliphatic heterocycles. The van der Waals surface area contributed by atoms with Crippen LogP contribution in [-0.2, 0) is 6.42 Å². The molecule has 0 bridgehead atoms. The molecule has 7 heteroatoms. The summed E-state index contributed by atoms with van der Waals surface area (Å²) >= 11 is 0. The first kappa shape index (κ1) is 15.0. The van der Waals surface area contributed by atoms with E-state index < -0.39 is 34.6 Å². The number of rotatable bonds is 2. The molecular weight excluding hydrogens is 313 g/mol. The van der Waals surface area contributed by atoms with E-state index in [1.54, 1.807) is 0 Å². The minimum atomic E-state index is -1.31. The molecule has 0 spiro atoms. The number of benzene rings is 2. The van der Waals surface area contributed by atoms with Crippen LogP contribution in [0.4, 0.5) is 13.2 Å². The lowest BCUT2D eigenvalue weighted by molar-refractivity contribution is 0.397. The van der Waals surface area contributed by atoms with E-state index in [1.165, 1.54) is 12.1 Å². The van der Waals surface area contributed by atoms with Gasteiger partial charge in [-0.05, 0) is 29.3 Å². The molecule has 23 heavy (non-hydrogen) atoms. The highest BCUT2D eigenvalue weighted by atomic mass is 19.2. The first-order valence-corrected chi connectivity index (χ1v) is 6.48. The third kappa shape index (κ3) is 2.61. The van der Waals surface area contributed by atoms with Gasteiger partial charge in [-0.15, -0.1) is 0 Å². The Hall–Kier alpha value is -2.96. The molecule has 1 aromatic heterocycles. The molecule has 2 aromatic carbocycles. The van der Waals surface area contributed by atoms with E-state index in [1.807, 2.05) is 0 Å². The van der Waals surface area contributed by atoms with Gasteiger partial charge in [-0.25, -0.2) is 18.0 Å². The Morgan fingerprint density at radius 1 is 0.913 bits per heavy atom. The van der Waals surface area contributed by atoms with Crippen molar-refractivity contribution >= 4 is 11.0 Å². The third-order valence-electron chi connectivity index (χ3n) is 3.42. The fourth-order valence-corrected chi connectivity index (χ4v) is 2.32. The molecule has 1 heterocycles. The average molecular weight is 322 g/mol. The summed E-state index contributed by atoms with van der Waals surface area (Å²) < 4.78 is 44.8. The summed E-state index contributed by atoms with van der Waals surface area (Å²) in [7, 11) is 0. The van der Waals surface area contributed by atoms with Crippen molar-refractivity contribution in [2.24, 2.45) is 0 Å². The van der Waals surface area contributed by atoms with E-state index >= 15 is 0 Å². The molecule has 3 rings (SSSR count). The van der Waals surface area contributed by atoms with Gasteiger partial charge in [-0.1, -0.05) is 0 Å². The lowest BCUT2D eigenvalue weighted by atomic mass is 10.0. The molecule has 0 atom stereocenters. The summed E-state index contributed by atoms with van der Waals surface area (Å²) in [5.41, 5.74) is -1.04. The van der Waals surface area contributed by atoms with Gasteiger partial charge < -0.3 is 14.6 Å². The lowest BCUT2D eigenvalue weighted by Crippen LogP contribution is -2.03. The molecule has 3 aromatic rings. The van der Waals surface area contributed by atoms with Crippen LogP contribution in [0.1, 0.15) is 11.1 Å². The highest BCUT2D eigenvalue weighted by Gasteiger charge is 2.16. The Morgan fingerprint density at radius 2 is 1.61 bits per heavy atom. The minimum Gasteiger partial charge on any atom is -0.504 e. The predicted molar refractivity (Wildman–Crippen MR) is 74.9 cm³/mol. The molecule has 0 amide bonds. The molecule has 0 radical (unpaired) electrons. The summed E-state index contributed by atoms with van der Waals surface area (Å²) in [6.45, 7) is 0. The van der Waals surface area contributed by atoms with Gasteiger partial charge in [0.05, 0.1) is 0 Å². The van der Waals surface area contributed by atoms with Gasteiger partial charge in [-0.3, -0.25) is 0 Å². The number of fused-ring (bicyclic) bond motifs is 1. The van der Waals surface area contributed by atoms with E-state index in [4.69, 9.17) is 4.42 Å².